The van der Waals surface area contributed by atoms with Gasteiger partial charge in [0.05, 0.1) is 11.3 Å². The van der Waals surface area contributed by atoms with Crippen LogP contribution in [-0.2, 0) is 24.7 Å². The molecule has 1 atom stereocenters. The SMILES string of the molecule is CC(Oc1ccc(F)cc1)c1nnc(SCC(=O)Nc2sc3c(c2C#N)CCCCCC3)n1C. The van der Waals surface area contributed by atoms with Gasteiger partial charge in [0.15, 0.2) is 17.1 Å². The number of rotatable bonds is 7. The summed E-state index contributed by atoms with van der Waals surface area (Å²) in [5.74, 6) is 0.759. The van der Waals surface area contributed by atoms with Crippen molar-refractivity contribution in [3.8, 4) is 11.8 Å². The Kier molecular flexibility index (Phi) is 7.85. The average Bonchev–Trinajstić information content (AvgIpc) is 3.32. The Morgan fingerprint density at radius 3 is 2.74 bits per heavy atom. The standard InChI is InChI=1S/C24H26FN5O2S2/c1-15(32-17-11-9-16(25)10-12-17)22-28-29-24(30(22)2)33-14-21(31)27-23-19(13-26)18-7-5-3-4-6-8-20(18)34-23/h9-12,15H,3-8,14H2,1-2H3,(H,27,31). The highest BCUT2D eigenvalue weighted by Gasteiger charge is 2.22. The van der Waals surface area contributed by atoms with Crippen LogP contribution in [0.25, 0.3) is 0 Å². The highest BCUT2D eigenvalue weighted by Crippen LogP contribution is 2.36. The minimum Gasteiger partial charge on any atom is -0.483 e. The van der Waals surface area contributed by atoms with Crippen LogP contribution in [0.5, 0.6) is 5.75 Å². The lowest BCUT2D eigenvalue weighted by atomic mass is 9.97. The van der Waals surface area contributed by atoms with E-state index in [1.807, 2.05) is 14.0 Å². The molecule has 1 aromatic carbocycles. The number of thiophene rings is 1. The molecule has 178 valence electrons. The third-order valence-corrected chi connectivity index (χ3v) is 7.95. The Bertz CT molecular complexity index is 1200. The van der Waals surface area contributed by atoms with Crippen molar-refractivity contribution in [3.05, 3.63) is 51.9 Å². The van der Waals surface area contributed by atoms with Gasteiger partial charge in [-0.15, -0.1) is 21.5 Å². The number of halogens is 1. The van der Waals surface area contributed by atoms with Crippen molar-refractivity contribution in [3.63, 3.8) is 0 Å². The lowest BCUT2D eigenvalue weighted by molar-refractivity contribution is -0.113. The first-order valence-corrected chi connectivity index (χ1v) is 13.0. The molecule has 0 aliphatic heterocycles. The maximum Gasteiger partial charge on any atom is 0.235 e. The minimum absolute atomic E-state index is 0.145. The number of amides is 1. The number of nitrogens with one attached hydrogen (secondary N) is 1. The van der Waals surface area contributed by atoms with Gasteiger partial charge in [0, 0.05) is 11.9 Å². The van der Waals surface area contributed by atoms with Crippen LogP contribution >= 0.6 is 23.1 Å². The van der Waals surface area contributed by atoms with Crippen molar-refractivity contribution in [1.82, 2.24) is 14.8 Å². The smallest absolute Gasteiger partial charge is 0.235 e. The van der Waals surface area contributed by atoms with E-state index in [2.05, 4.69) is 21.6 Å². The maximum absolute atomic E-state index is 13.1. The summed E-state index contributed by atoms with van der Waals surface area (Å²) < 4.78 is 20.7. The molecule has 1 aliphatic rings. The van der Waals surface area contributed by atoms with Gasteiger partial charge in [-0.1, -0.05) is 24.6 Å². The summed E-state index contributed by atoms with van der Waals surface area (Å²) in [5, 5.41) is 22.3. The molecule has 1 aliphatic carbocycles. The first kappa shape index (κ1) is 24.2. The van der Waals surface area contributed by atoms with Crippen molar-refractivity contribution in [1.29, 1.82) is 5.26 Å². The number of nitrogens with zero attached hydrogens (tertiary/aromatic N) is 4. The molecule has 2 aromatic heterocycles. The maximum atomic E-state index is 13.1. The van der Waals surface area contributed by atoms with Crippen LogP contribution in [0.2, 0.25) is 0 Å². The van der Waals surface area contributed by atoms with Gasteiger partial charge in [0.1, 0.15) is 22.6 Å². The van der Waals surface area contributed by atoms with Gasteiger partial charge < -0.3 is 14.6 Å². The number of hydrogen-bond donors (Lipinski definition) is 1. The second-order valence-corrected chi connectivity index (χ2v) is 10.2. The average molecular weight is 500 g/mol. The van der Waals surface area contributed by atoms with Gasteiger partial charge in [-0.3, -0.25) is 4.79 Å². The van der Waals surface area contributed by atoms with E-state index in [1.54, 1.807) is 16.7 Å². The number of aryl methyl sites for hydroxylation is 1. The summed E-state index contributed by atoms with van der Waals surface area (Å²) in [4.78, 5) is 13.9. The molecule has 7 nitrogen and oxygen atoms in total. The number of carbonyl (C=O) groups is 1. The van der Waals surface area contributed by atoms with Crippen LogP contribution < -0.4 is 10.1 Å². The number of anilines is 1. The van der Waals surface area contributed by atoms with Crippen LogP contribution in [0.15, 0.2) is 29.4 Å². The summed E-state index contributed by atoms with van der Waals surface area (Å²) in [6, 6.07) is 8.10. The summed E-state index contributed by atoms with van der Waals surface area (Å²) in [6.45, 7) is 1.83. The molecule has 2 heterocycles. The summed E-state index contributed by atoms with van der Waals surface area (Å²) in [7, 11) is 1.81. The van der Waals surface area contributed by atoms with Crippen molar-refractivity contribution in [2.45, 2.75) is 56.7 Å². The van der Waals surface area contributed by atoms with E-state index in [0.717, 1.165) is 31.2 Å². The van der Waals surface area contributed by atoms with E-state index in [0.29, 0.717) is 27.3 Å². The Morgan fingerprint density at radius 2 is 2.00 bits per heavy atom. The fourth-order valence-electron chi connectivity index (χ4n) is 3.99. The fraction of sp³-hybridized carbons (Fsp3) is 0.417. The second-order valence-electron chi connectivity index (χ2n) is 8.18. The van der Waals surface area contributed by atoms with E-state index < -0.39 is 6.10 Å². The minimum atomic E-state index is -0.407. The molecule has 0 saturated carbocycles. The summed E-state index contributed by atoms with van der Waals surface area (Å²) >= 11 is 2.80. The number of fused-ring (bicyclic) bond motifs is 1. The van der Waals surface area contributed by atoms with Gasteiger partial charge in [0.2, 0.25) is 5.91 Å². The Labute approximate surface area is 206 Å². The van der Waals surface area contributed by atoms with Crippen LogP contribution in [0.4, 0.5) is 9.39 Å². The van der Waals surface area contributed by atoms with Gasteiger partial charge >= 0.3 is 0 Å². The predicted octanol–water partition coefficient (Wildman–Crippen LogP) is 5.42. The zero-order chi connectivity index (χ0) is 24.1. The third kappa shape index (κ3) is 5.59. The molecular formula is C24H26FN5O2S2. The number of carbonyl (C=O) groups excluding carboxylic acids is 1. The number of aromatic nitrogens is 3. The highest BCUT2D eigenvalue weighted by atomic mass is 32.2. The van der Waals surface area contributed by atoms with Crippen molar-refractivity contribution in [2.75, 3.05) is 11.1 Å². The molecule has 4 rings (SSSR count). The Hall–Kier alpha value is -2.90. The molecular weight excluding hydrogens is 473 g/mol. The molecule has 1 N–H and O–H groups in total. The van der Waals surface area contributed by atoms with Gasteiger partial charge in [-0.25, -0.2) is 4.39 Å². The van der Waals surface area contributed by atoms with Gasteiger partial charge in [0.25, 0.3) is 0 Å². The van der Waals surface area contributed by atoms with Crippen LogP contribution in [0.3, 0.4) is 0 Å². The molecule has 10 heteroatoms. The quantitative estimate of drug-likeness (QED) is 0.437. The van der Waals surface area contributed by atoms with Gasteiger partial charge in [-0.2, -0.15) is 5.26 Å². The molecule has 0 spiro atoms. The topological polar surface area (TPSA) is 92.8 Å². The molecule has 34 heavy (non-hydrogen) atoms. The van der Waals surface area contributed by atoms with Crippen LogP contribution in [0.1, 0.15) is 60.5 Å². The van der Waals surface area contributed by atoms with E-state index in [-0.39, 0.29) is 17.5 Å². The van der Waals surface area contributed by atoms with E-state index in [1.165, 1.54) is 53.0 Å². The zero-order valence-corrected chi connectivity index (χ0v) is 20.8. The molecule has 0 radical (unpaired) electrons. The molecule has 3 aromatic rings. The monoisotopic (exact) mass is 499 g/mol. The molecule has 0 saturated heterocycles. The normalized spacial score (nSPS) is 14.4. The predicted molar refractivity (Wildman–Crippen MR) is 131 cm³/mol. The second kappa shape index (κ2) is 11.0. The molecule has 1 amide bonds. The lowest BCUT2D eigenvalue weighted by Crippen LogP contribution is -2.15. The molecule has 1 unspecified atom stereocenters. The van der Waals surface area contributed by atoms with E-state index in [9.17, 15) is 14.4 Å². The summed E-state index contributed by atoms with van der Waals surface area (Å²) in [6.07, 6.45) is 6.07. The first-order valence-electron chi connectivity index (χ1n) is 11.2. The van der Waals surface area contributed by atoms with Gasteiger partial charge in [-0.05, 0) is 62.4 Å². The van der Waals surface area contributed by atoms with Crippen LogP contribution in [-0.4, -0.2) is 26.4 Å². The zero-order valence-electron chi connectivity index (χ0n) is 19.1. The van der Waals surface area contributed by atoms with Crippen molar-refractivity contribution >= 4 is 34.0 Å². The molecule has 0 fully saturated rings. The van der Waals surface area contributed by atoms with Crippen LogP contribution in [0, 0.1) is 17.1 Å². The number of nitriles is 1. The highest BCUT2D eigenvalue weighted by molar-refractivity contribution is 7.99. The largest absolute Gasteiger partial charge is 0.483 e. The fourth-order valence-corrected chi connectivity index (χ4v) is 5.97. The summed E-state index contributed by atoms with van der Waals surface area (Å²) in [5.41, 5.74) is 1.73. The number of hydrogen-bond acceptors (Lipinski definition) is 7. The Balaban J connectivity index is 1.37. The number of benzene rings is 1. The number of thioether (sulfide) groups is 1. The number of ether oxygens (including phenoxy) is 1. The van der Waals surface area contributed by atoms with E-state index in [4.69, 9.17) is 4.74 Å². The first-order chi connectivity index (χ1) is 16.5. The Morgan fingerprint density at radius 1 is 1.26 bits per heavy atom. The third-order valence-electron chi connectivity index (χ3n) is 5.73. The van der Waals surface area contributed by atoms with Crippen molar-refractivity contribution < 1.29 is 13.9 Å². The van der Waals surface area contributed by atoms with Crippen molar-refractivity contribution in [2.24, 2.45) is 7.05 Å². The lowest BCUT2D eigenvalue weighted by Gasteiger charge is -2.14. The van der Waals surface area contributed by atoms with E-state index >= 15 is 0 Å². The molecule has 0 bridgehead atoms.